The summed E-state index contributed by atoms with van der Waals surface area (Å²) in [6.07, 6.45) is 3.71. The number of hydrogen-bond donors (Lipinski definition) is 3. The monoisotopic (exact) mass is 698 g/mol. The van der Waals surface area contributed by atoms with Crippen LogP contribution < -0.4 is 5.32 Å². The maximum absolute atomic E-state index is 12.9. The van der Waals surface area contributed by atoms with Gasteiger partial charge < -0.3 is 24.8 Å². The molecule has 0 bridgehead atoms. The quantitative estimate of drug-likeness (QED) is 0.165. The number of nitrogens with zero attached hydrogens (tertiary/aromatic N) is 3. The lowest BCUT2D eigenvalue weighted by atomic mass is 9.76. The van der Waals surface area contributed by atoms with Crippen molar-refractivity contribution in [3.8, 4) is 22.3 Å². The molecule has 6 aromatic rings. The van der Waals surface area contributed by atoms with Gasteiger partial charge in [-0.1, -0.05) is 48.5 Å². The average Bonchev–Trinajstić information content (AvgIpc) is 3.82. The van der Waals surface area contributed by atoms with E-state index in [9.17, 15) is 9.59 Å². The van der Waals surface area contributed by atoms with Crippen LogP contribution in [0.3, 0.4) is 0 Å². The Morgan fingerprint density at radius 1 is 0.769 bits per heavy atom. The third-order valence-corrected chi connectivity index (χ3v) is 10.1. The first-order chi connectivity index (χ1) is 24.7. The van der Waals surface area contributed by atoms with E-state index in [1.54, 1.807) is 4.90 Å². The Hall–Kier alpha value is -5.38. The molecule has 10 nitrogen and oxygen atoms in total. The Labute approximate surface area is 303 Å². The summed E-state index contributed by atoms with van der Waals surface area (Å²) in [5.41, 5.74) is 6.45. The number of likely N-dealkylation sites (tertiary alicyclic amines) is 1. The van der Waals surface area contributed by atoms with E-state index in [2.05, 4.69) is 82.0 Å². The van der Waals surface area contributed by atoms with Crippen molar-refractivity contribution in [3.63, 3.8) is 0 Å². The molecule has 0 radical (unpaired) electrons. The predicted octanol–water partition coefficient (Wildman–Crippen LogP) is 9.90. The van der Waals surface area contributed by atoms with Gasteiger partial charge in [-0.3, -0.25) is 4.90 Å². The molecule has 10 heteroatoms. The maximum Gasteiger partial charge on any atom is 0.410 e. The smallest absolute Gasteiger partial charge is 0.410 e. The van der Waals surface area contributed by atoms with Crippen molar-refractivity contribution in [2.24, 2.45) is 0 Å². The minimum absolute atomic E-state index is 0.133. The Morgan fingerprint density at radius 3 is 2.12 bits per heavy atom. The van der Waals surface area contributed by atoms with E-state index in [1.807, 2.05) is 47.6 Å². The zero-order chi connectivity index (χ0) is 36.4. The number of hydrogen-bond acceptors (Lipinski definition) is 6. The van der Waals surface area contributed by atoms with Crippen molar-refractivity contribution in [3.05, 3.63) is 84.4 Å². The number of H-pyrrole nitrogens is 2. The molecule has 2 aliphatic rings. The average molecular weight is 699 g/mol. The summed E-state index contributed by atoms with van der Waals surface area (Å²) < 4.78 is 11.2. The van der Waals surface area contributed by atoms with Gasteiger partial charge in [0.25, 0.3) is 0 Å². The van der Waals surface area contributed by atoms with Crippen molar-refractivity contribution in [2.45, 2.75) is 96.4 Å². The molecule has 268 valence electrons. The lowest BCUT2D eigenvalue weighted by molar-refractivity contribution is 0.0218. The Kier molecular flexibility index (Phi) is 8.04. The molecule has 52 heavy (non-hydrogen) atoms. The molecule has 2 aromatic heterocycles. The second-order valence-corrected chi connectivity index (χ2v) is 16.3. The van der Waals surface area contributed by atoms with Gasteiger partial charge in [-0.05, 0) is 126 Å². The highest BCUT2D eigenvalue weighted by atomic mass is 16.6. The molecule has 1 atom stereocenters. The highest BCUT2D eigenvalue weighted by Gasteiger charge is 2.44. The van der Waals surface area contributed by atoms with E-state index in [0.29, 0.717) is 6.54 Å². The lowest BCUT2D eigenvalue weighted by Crippen LogP contribution is -2.52. The molecule has 1 saturated carbocycles. The second kappa shape index (κ2) is 12.4. The van der Waals surface area contributed by atoms with Crippen LogP contribution in [0.4, 0.5) is 9.59 Å². The minimum atomic E-state index is -0.566. The third-order valence-electron chi connectivity index (χ3n) is 10.1. The number of aromatic amines is 2. The van der Waals surface area contributed by atoms with E-state index >= 15 is 0 Å². The van der Waals surface area contributed by atoms with Gasteiger partial charge in [0.05, 0.1) is 28.1 Å². The summed E-state index contributed by atoms with van der Waals surface area (Å²) in [5.74, 6) is 1.57. The Balaban J connectivity index is 1.01. The fourth-order valence-electron chi connectivity index (χ4n) is 7.47. The van der Waals surface area contributed by atoms with Gasteiger partial charge in [-0.25, -0.2) is 19.6 Å². The molecule has 8 rings (SSSR count). The number of carbonyl (C=O) groups excluding carboxylic acids is 2. The molecule has 1 aliphatic carbocycles. The van der Waals surface area contributed by atoms with Gasteiger partial charge >= 0.3 is 12.2 Å². The van der Waals surface area contributed by atoms with Gasteiger partial charge in [0.2, 0.25) is 0 Å². The molecule has 0 unspecified atom stereocenters. The number of carbonyl (C=O) groups is 2. The van der Waals surface area contributed by atoms with E-state index in [-0.39, 0.29) is 12.1 Å². The number of aromatic nitrogens is 4. The number of ether oxygens (including phenoxy) is 2. The molecule has 3 heterocycles. The van der Waals surface area contributed by atoms with Gasteiger partial charge in [0.15, 0.2) is 0 Å². The number of amides is 2. The zero-order valence-electron chi connectivity index (χ0n) is 30.7. The molecule has 2 amide bonds. The summed E-state index contributed by atoms with van der Waals surface area (Å²) in [7, 11) is 0. The fraction of sp³-hybridized carbons (Fsp3) is 0.381. The van der Waals surface area contributed by atoms with Gasteiger partial charge in [0.1, 0.15) is 28.4 Å². The molecule has 1 aliphatic heterocycles. The normalized spacial score (nSPS) is 17.4. The van der Waals surface area contributed by atoms with Gasteiger partial charge in [0, 0.05) is 11.9 Å². The maximum atomic E-state index is 12.9. The fourth-order valence-corrected chi connectivity index (χ4v) is 7.47. The zero-order valence-corrected chi connectivity index (χ0v) is 30.7. The summed E-state index contributed by atoms with van der Waals surface area (Å²) in [6, 6.07) is 25.4. The Morgan fingerprint density at radius 2 is 1.44 bits per heavy atom. The van der Waals surface area contributed by atoms with Crippen LogP contribution in [-0.2, 0) is 15.0 Å². The summed E-state index contributed by atoms with van der Waals surface area (Å²) in [5, 5.41) is 5.27. The molecule has 3 N–H and O–H groups in total. The Bertz CT molecular complexity index is 2320. The lowest BCUT2D eigenvalue weighted by Gasteiger charge is -2.40. The number of imidazole rings is 2. The minimum Gasteiger partial charge on any atom is -0.444 e. The largest absolute Gasteiger partial charge is 0.444 e. The van der Waals surface area contributed by atoms with Crippen LogP contribution in [0.5, 0.6) is 0 Å². The molecule has 4 aromatic carbocycles. The number of fused-ring (bicyclic) bond motifs is 4. The number of benzene rings is 4. The number of alkyl carbamates (subject to hydrolysis) is 1. The number of nitrogens with one attached hydrogen (secondary N) is 3. The molecule has 0 spiro atoms. The van der Waals surface area contributed by atoms with Gasteiger partial charge in [-0.2, -0.15) is 0 Å². The van der Waals surface area contributed by atoms with Crippen LogP contribution in [0.1, 0.15) is 91.3 Å². The van der Waals surface area contributed by atoms with Crippen molar-refractivity contribution in [2.75, 3.05) is 6.54 Å². The van der Waals surface area contributed by atoms with Crippen LogP contribution in [0.15, 0.2) is 72.8 Å². The van der Waals surface area contributed by atoms with Crippen LogP contribution in [0, 0.1) is 0 Å². The number of rotatable bonds is 5. The first kappa shape index (κ1) is 33.7. The third kappa shape index (κ3) is 6.46. The first-order valence-corrected chi connectivity index (χ1v) is 18.3. The SMILES string of the molecule is CC(C)(C)OC(=O)NC1(c2nc3ccc(-c4ccc(-c5ccc6c(ccc7[nH]c([C@@H]8CCCN8C(=O)OC(C)(C)C)nc76)c5)cc4)cc3[nH]2)CCC1. The van der Waals surface area contributed by atoms with Crippen molar-refractivity contribution in [1.29, 1.82) is 0 Å². The van der Waals surface area contributed by atoms with Crippen LogP contribution in [0.25, 0.3) is 55.1 Å². The van der Waals surface area contributed by atoms with E-state index < -0.39 is 22.8 Å². The van der Waals surface area contributed by atoms with Crippen LogP contribution in [0.2, 0.25) is 0 Å². The van der Waals surface area contributed by atoms with Crippen molar-refractivity contribution in [1.82, 2.24) is 30.2 Å². The van der Waals surface area contributed by atoms with E-state index in [0.717, 1.165) is 98.8 Å². The predicted molar refractivity (Wildman–Crippen MR) is 204 cm³/mol. The first-order valence-electron chi connectivity index (χ1n) is 18.3. The summed E-state index contributed by atoms with van der Waals surface area (Å²) in [4.78, 5) is 44.3. The second-order valence-electron chi connectivity index (χ2n) is 16.3. The summed E-state index contributed by atoms with van der Waals surface area (Å²) >= 11 is 0. The van der Waals surface area contributed by atoms with E-state index in [4.69, 9.17) is 19.4 Å². The topological polar surface area (TPSA) is 125 Å². The summed E-state index contributed by atoms with van der Waals surface area (Å²) in [6.45, 7) is 11.9. The molecular formula is C42H46N6O4. The van der Waals surface area contributed by atoms with Crippen LogP contribution in [-0.4, -0.2) is 54.8 Å². The highest BCUT2D eigenvalue weighted by molar-refractivity contribution is 6.05. The highest BCUT2D eigenvalue weighted by Crippen LogP contribution is 2.41. The van der Waals surface area contributed by atoms with Gasteiger partial charge in [-0.15, -0.1) is 0 Å². The van der Waals surface area contributed by atoms with Crippen molar-refractivity contribution >= 4 is 45.0 Å². The molecule has 1 saturated heterocycles. The van der Waals surface area contributed by atoms with Crippen LogP contribution >= 0.6 is 0 Å². The molecular weight excluding hydrogens is 652 g/mol. The molecule has 2 fully saturated rings. The van der Waals surface area contributed by atoms with E-state index in [1.165, 1.54) is 0 Å². The van der Waals surface area contributed by atoms with Crippen molar-refractivity contribution < 1.29 is 19.1 Å². The standard InChI is InChI=1S/C42H46N6O4/c1-40(2,3)51-38(49)47-42(20-8-21-42)37-44-31-18-15-28(24-33(31)45-37)26-12-10-25(11-13-26)27-14-17-30-29(23-27)16-19-32-35(30)46-36(43-32)34-9-7-22-48(34)39(50)52-41(4,5)6/h10-19,23-24,34H,7-9,20-22H2,1-6H3,(H,43,46)(H,44,45)(H,47,49)/t34-/m0/s1.